The maximum absolute atomic E-state index is 12.7. The van der Waals surface area contributed by atoms with Gasteiger partial charge in [0, 0.05) is 30.9 Å². The van der Waals surface area contributed by atoms with E-state index >= 15 is 0 Å². The fraction of sp³-hybridized carbons (Fsp3) is 0.545. The smallest absolute Gasteiger partial charge is 0.407 e. The molecule has 2 aromatic rings. The van der Waals surface area contributed by atoms with Gasteiger partial charge in [-0.3, -0.25) is 0 Å². The van der Waals surface area contributed by atoms with Crippen molar-refractivity contribution in [3.8, 4) is 11.1 Å². The Morgan fingerprint density at radius 1 is 1.28 bits per heavy atom. The first-order valence-corrected chi connectivity index (χ1v) is 11.0. The average molecular weight is 450 g/mol. The predicted octanol–water partition coefficient (Wildman–Crippen LogP) is 2.06. The predicted molar refractivity (Wildman–Crippen MR) is 114 cm³/mol. The minimum Gasteiger partial charge on any atom is -0.442 e. The fourth-order valence-electron chi connectivity index (χ4n) is 4.32. The van der Waals surface area contributed by atoms with Gasteiger partial charge < -0.3 is 25.8 Å². The number of carbonyl (C=O) groups is 1. The summed E-state index contributed by atoms with van der Waals surface area (Å²) in [6.07, 6.45) is 4.46. The Morgan fingerprint density at radius 2 is 2.09 bits per heavy atom. The number of β-amino-alcohol motifs (C(OH)–C–C–N with tert-alkyl or cyclic N) is 1. The number of alkyl halides is 2. The number of ether oxygens (including phenoxy) is 1. The molecule has 4 atom stereocenters. The van der Waals surface area contributed by atoms with E-state index in [0.29, 0.717) is 35.8 Å². The number of hydrogen-bond acceptors (Lipinski definition) is 6. The highest BCUT2D eigenvalue weighted by atomic mass is 19.3. The van der Waals surface area contributed by atoms with Crippen LogP contribution in [0, 0.1) is 0 Å². The third-order valence-corrected chi connectivity index (χ3v) is 6.08. The molecule has 4 rings (SSSR count). The van der Waals surface area contributed by atoms with Gasteiger partial charge in [0.1, 0.15) is 12.2 Å². The number of aliphatic hydroxyl groups excluding tert-OH is 1. The van der Waals surface area contributed by atoms with Crippen LogP contribution >= 0.6 is 0 Å². The van der Waals surface area contributed by atoms with Crippen LogP contribution in [0.5, 0.6) is 0 Å². The lowest BCUT2D eigenvalue weighted by molar-refractivity contribution is 0.0189. The molecule has 2 fully saturated rings. The van der Waals surface area contributed by atoms with Gasteiger partial charge in [-0.1, -0.05) is 24.3 Å². The molecule has 0 radical (unpaired) electrons. The quantitative estimate of drug-likeness (QED) is 0.492. The summed E-state index contributed by atoms with van der Waals surface area (Å²) in [4.78, 5) is 12.2. The Kier molecular flexibility index (Phi) is 7.33. The molecule has 0 unspecified atom stereocenters. The summed E-state index contributed by atoms with van der Waals surface area (Å²) >= 11 is 0. The SMILES string of the molecule is O=C(NCC[C@@H]1CCCN1)O[C@@H]1[C@@H](O)CN[C@@H]1Cc1ccc(-c2cnn(C(F)F)c2)cc1. The zero-order chi connectivity index (χ0) is 22.5. The van der Waals surface area contributed by atoms with Crippen molar-refractivity contribution in [2.75, 3.05) is 19.6 Å². The number of aromatic nitrogens is 2. The largest absolute Gasteiger partial charge is 0.442 e. The Hall–Kier alpha value is -2.56. The van der Waals surface area contributed by atoms with Gasteiger partial charge in [0.15, 0.2) is 0 Å². The molecule has 1 aromatic carbocycles. The lowest BCUT2D eigenvalue weighted by Gasteiger charge is -2.22. The number of alkyl carbamates (subject to hydrolysis) is 1. The van der Waals surface area contributed by atoms with Crippen LogP contribution in [0.15, 0.2) is 36.7 Å². The molecule has 1 aromatic heterocycles. The zero-order valence-electron chi connectivity index (χ0n) is 17.7. The van der Waals surface area contributed by atoms with E-state index in [9.17, 15) is 18.7 Å². The minimum absolute atomic E-state index is 0.223. The molecule has 4 N–H and O–H groups in total. The van der Waals surface area contributed by atoms with Crippen molar-refractivity contribution in [2.45, 2.75) is 56.5 Å². The number of benzene rings is 1. The molecular weight excluding hydrogens is 420 g/mol. The Balaban J connectivity index is 1.29. The van der Waals surface area contributed by atoms with Crippen LogP contribution in [-0.4, -0.2) is 64.9 Å². The summed E-state index contributed by atoms with van der Waals surface area (Å²) in [5, 5.41) is 23.3. The van der Waals surface area contributed by atoms with Gasteiger partial charge in [0.05, 0.1) is 12.2 Å². The standard InChI is InChI=1S/C22H29F2N5O3/c23-21(24)29-13-16(11-28-29)15-5-3-14(4-6-15)10-18-20(19(30)12-27-18)32-22(31)26-9-7-17-2-1-8-25-17/h3-6,11,13,17-21,25,27,30H,1-2,7-10,12H2,(H,26,31)/t17-,18+,19-,20-/m0/s1. The molecule has 8 nitrogen and oxygen atoms in total. The molecule has 32 heavy (non-hydrogen) atoms. The van der Waals surface area contributed by atoms with Crippen LogP contribution in [0.4, 0.5) is 13.6 Å². The Labute approximate surface area is 185 Å². The number of nitrogens with zero attached hydrogens (tertiary/aromatic N) is 2. The van der Waals surface area contributed by atoms with Crippen LogP contribution in [-0.2, 0) is 11.2 Å². The van der Waals surface area contributed by atoms with Gasteiger partial charge in [-0.25, -0.2) is 9.48 Å². The highest BCUT2D eigenvalue weighted by Crippen LogP contribution is 2.23. The van der Waals surface area contributed by atoms with Crippen molar-refractivity contribution < 1.29 is 23.4 Å². The van der Waals surface area contributed by atoms with Crippen molar-refractivity contribution in [1.29, 1.82) is 0 Å². The van der Waals surface area contributed by atoms with Crippen molar-refractivity contribution in [2.24, 2.45) is 0 Å². The van der Waals surface area contributed by atoms with Crippen molar-refractivity contribution in [3.05, 3.63) is 42.2 Å². The number of aliphatic hydroxyl groups is 1. The summed E-state index contributed by atoms with van der Waals surface area (Å²) in [6.45, 7) is -0.770. The Morgan fingerprint density at radius 3 is 2.78 bits per heavy atom. The summed E-state index contributed by atoms with van der Waals surface area (Å²) in [5.74, 6) is 0. The van der Waals surface area contributed by atoms with Gasteiger partial charge in [0.25, 0.3) is 0 Å². The Bertz CT molecular complexity index is 886. The summed E-state index contributed by atoms with van der Waals surface area (Å²) < 4.78 is 31.6. The summed E-state index contributed by atoms with van der Waals surface area (Å²) in [5.41, 5.74) is 2.36. The maximum atomic E-state index is 12.7. The molecule has 2 aliphatic heterocycles. The van der Waals surface area contributed by atoms with E-state index in [-0.39, 0.29) is 6.04 Å². The number of amides is 1. The van der Waals surface area contributed by atoms with Gasteiger partial charge in [-0.15, -0.1) is 0 Å². The molecule has 0 bridgehead atoms. The van der Waals surface area contributed by atoms with E-state index < -0.39 is 24.9 Å². The molecule has 174 valence electrons. The number of carbonyl (C=O) groups excluding carboxylic acids is 1. The van der Waals surface area contributed by atoms with Crippen molar-refractivity contribution >= 4 is 6.09 Å². The molecule has 1 amide bonds. The average Bonchev–Trinajstić information content (AvgIpc) is 3.53. The monoisotopic (exact) mass is 449 g/mol. The highest BCUT2D eigenvalue weighted by Gasteiger charge is 2.37. The maximum Gasteiger partial charge on any atom is 0.407 e. The fourth-order valence-corrected chi connectivity index (χ4v) is 4.32. The van der Waals surface area contributed by atoms with Crippen molar-refractivity contribution in [3.63, 3.8) is 0 Å². The van der Waals surface area contributed by atoms with Gasteiger partial charge in [-0.05, 0) is 43.4 Å². The normalized spacial score (nSPS) is 25.4. The second-order valence-electron chi connectivity index (χ2n) is 8.35. The van der Waals surface area contributed by atoms with Crippen LogP contribution in [0.3, 0.4) is 0 Å². The van der Waals surface area contributed by atoms with E-state index in [1.807, 2.05) is 24.3 Å². The number of hydrogen-bond donors (Lipinski definition) is 4. The molecule has 0 spiro atoms. The summed E-state index contributed by atoms with van der Waals surface area (Å²) in [6, 6.07) is 7.69. The summed E-state index contributed by atoms with van der Waals surface area (Å²) in [7, 11) is 0. The third kappa shape index (κ3) is 5.62. The topological polar surface area (TPSA) is 100 Å². The molecule has 0 aliphatic carbocycles. The first kappa shape index (κ1) is 22.6. The second kappa shape index (κ2) is 10.4. The first-order valence-electron chi connectivity index (χ1n) is 11.0. The molecule has 10 heteroatoms. The molecule has 3 heterocycles. The first-order chi connectivity index (χ1) is 15.5. The van der Waals surface area contributed by atoms with Gasteiger partial charge in [0.2, 0.25) is 0 Å². The zero-order valence-corrected chi connectivity index (χ0v) is 17.7. The van der Waals surface area contributed by atoms with Crippen LogP contribution in [0.25, 0.3) is 11.1 Å². The molecule has 0 saturated carbocycles. The number of nitrogens with one attached hydrogen (secondary N) is 3. The lowest BCUT2D eigenvalue weighted by Crippen LogP contribution is -2.42. The highest BCUT2D eigenvalue weighted by molar-refractivity contribution is 5.67. The van der Waals surface area contributed by atoms with Crippen molar-refractivity contribution in [1.82, 2.24) is 25.7 Å². The molecular formula is C22H29F2N5O3. The number of rotatable bonds is 8. The van der Waals surface area contributed by atoms with E-state index in [2.05, 4.69) is 21.0 Å². The van der Waals surface area contributed by atoms with E-state index in [1.54, 1.807) is 0 Å². The number of halogens is 2. The molecule has 2 aliphatic rings. The van der Waals surface area contributed by atoms with Crippen LogP contribution in [0.1, 0.15) is 31.4 Å². The lowest BCUT2D eigenvalue weighted by atomic mass is 9.99. The van der Waals surface area contributed by atoms with Gasteiger partial charge >= 0.3 is 12.6 Å². The minimum atomic E-state index is -2.67. The van der Waals surface area contributed by atoms with Gasteiger partial charge in [-0.2, -0.15) is 13.9 Å². The third-order valence-electron chi connectivity index (χ3n) is 6.08. The molecule has 2 saturated heterocycles. The second-order valence-corrected chi connectivity index (χ2v) is 8.35. The van der Waals surface area contributed by atoms with Crippen LogP contribution in [0.2, 0.25) is 0 Å². The van der Waals surface area contributed by atoms with Crippen LogP contribution < -0.4 is 16.0 Å². The van der Waals surface area contributed by atoms with E-state index in [0.717, 1.165) is 36.9 Å². The van der Waals surface area contributed by atoms with E-state index in [4.69, 9.17) is 4.74 Å². The van der Waals surface area contributed by atoms with E-state index in [1.165, 1.54) is 12.4 Å².